The number of hydrogen-bond donors (Lipinski definition) is 0. The van der Waals surface area contributed by atoms with Crippen molar-refractivity contribution in [2.24, 2.45) is 0 Å². The smallest absolute Gasteiger partial charge is 0.257 e. The molecule has 0 aliphatic carbocycles. The molecule has 13 aromatic rings. The Bertz CT molecular complexity index is 3580. The molecular weight excluding hydrogens is 1050 g/mol. The highest BCUT2D eigenvalue weighted by Crippen LogP contribution is 2.54. The van der Waals surface area contributed by atoms with Gasteiger partial charge in [0.2, 0.25) is 0 Å². The molecule has 0 heterocycles. The second kappa shape index (κ2) is 25.4. The van der Waals surface area contributed by atoms with E-state index in [1.807, 2.05) is 0 Å². The van der Waals surface area contributed by atoms with Crippen LogP contribution in [0.1, 0.15) is 102 Å². The summed E-state index contributed by atoms with van der Waals surface area (Å²) in [5.41, 5.74) is 19.5. The van der Waals surface area contributed by atoms with Gasteiger partial charge in [-0.2, -0.15) is 0 Å². The largest absolute Gasteiger partial charge is 0.355 e. The van der Waals surface area contributed by atoms with Gasteiger partial charge in [0, 0.05) is 35.0 Å². The minimum absolute atomic E-state index is 0.217. The lowest BCUT2D eigenvalue weighted by Gasteiger charge is -2.50. The number of anilines is 2. The van der Waals surface area contributed by atoms with Crippen molar-refractivity contribution in [3.05, 3.63) is 436 Å². The Kier molecular flexibility index (Phi) is 16.3. The first kappa shape index (κ1) is 55.1. The lowest BCUT2D eigenvalue weighted by Crippen LogP contribution is -2.77. The van der Waals surface area contributed by atoms with Crippen molar-refractivity contribution < 1.29 is 0 Å². The molecular formula is C84H69NSi. The van der Waals surface area contributed by atoms with Gasteiger partial charge in [-0.1, -0.05) is 369 Å². The van der Waals surface area contributed by atoms with Crippen LogP contribution >= 0.6 is 0 Å². The van der Waals surface area contributed by atoms with Crippen molar-refractivity contribution >= 4 is 35.2 Å². The monoisotopic (exact) mass is 1120 g/mol. The average molecular weight is 1120 g/mol. The molecule has 86 heavy (non-hydrogen) atoms. The summed E-state index contributed by atoms with van der Waals surface area (Å²) < 4.78 is 3.05. The molecule has 0 aromatic heterocycles. The maximum absolute atomic E-state index is 3.85. The van der Waals surface area contributed by atoms with Crippen molar-refractivity contribution in [2.45, 2.75) is 37.5 Å². The van der Waals surface area contributed by atoms with Crippen molar-refractivity contribution in [1.82, 2.24) is 0 Å². The molecule has 0 saturated heterocycles. The van der Waals surface area contributed by atoms with Gasteiger partial charge in [-0.3, -0.25) is 0 Å². The number of benzene rings is 13. The average Bonchev–Trinajstić information content (AvgIpc) is 0.715. The number of hydrogen-bond acceptors (Lipinski definition) is 1. The van der Waals surface area contributed by atoms with Crippen LogP contribution in [-0.2, 0) is 0 Å². The first-order chi connectivity index (χ1) is 42.6. The molecule has 0 amide bonds. The van der Waals surface area contributed by atoms with Crippen LogP contribution in [0.25, 0.3) is 0 Å². The van der Waals surface area contributed by atoms with Crippen LogP contribution in [0.2, 0.25) is 0 Å². The highest BCUT2D eigenvalue weighted by molar-refractivity contribution is 7.14. The zero-order valence-corrected chi connectivity index (χ0v) is 49.8. The summed E-state index contributed by atoms with van der Waals surface area (Å²) in [7, 11) is -3.85. The van der Waals surface area contributed by atoms with E-state index in [2.05, 4.69) is 376 Å². The quantitative estimate of drug-likeness (QED) is 0.0611. The Morgan fingerprint density at radius 2 is 0.360 bits per heavy atom. The van der Waals surface area contributed by atoms with E-state index >= 15 is 0 Å². The molecule has 0 aliphatic heterocycles. The maximum Gasteiger partial charge on any atom is 0.257 e. The van der Waals surface area contributed by atoms with E-state index < -0.39 is 8.24 Å². The first-order valence-electron chi connectivity index (χ1n) is 30.2. The highest BCUT2D eigenvalue weighted by atomic mass is 28.3. The zero-order chi connectivity index (χ0) is 58.1. The summed E-state index contributed by atoms with van der Waals surface area (Å²) in [4.78, 5) is 0. The van der Waals surface area contributed by atoms with Crippen molar-refractivity contribution in [1.29, 1.82) is 0 Å². The van der Waals surface area contributed by atoms with Gasteiger partial charge in [0.25, 0.3) is 8.24 Å². The Morgan fingerprint density at radius 1 is 0.209 bits per heavy atom. The third-order valence-corrected chi connectivity index (χ3v) is 21.9. The van der Waals surface area contributed by atoms with Gasteiger partial charge < -0.3 is 4.57 Å². The Morgan fingerprint density at radius 3 is 0.523 bits per heavy atom. The molecule has 0 saturated carbocycles. The van der Waals surface area contributed by atoms with E-state index in [1.54, 1.807) is 0 Å². The van der Waals surface area contributed by atoms with Gasteiger partial charge in [-0.15, -0.1) is 0 Å². The van der Waals surface area contributed by atoms with Gasteiger partial charge in [0.05, 0.1) is 0 Å². The molecule has 13 aromatic carbocycles. The van der Waals surface area contributed by atoms with Gasteiger partial charge in [0.1, 0.15) is 0 Å². The number of nitrogens with zero attached hydrogens (tertiary/aromatic N) is 1. The predicted octanol–water partition coefficient (Wildman–Crippen LogP) is 18.8. The minimum atomic E-state index is -3.85. The van der Waals surface area contributed by atoms with Crippen LogP contribution in [0, 0.1) is 13.8 Å². The Hall–Kier alpha value is -10.1. The van der Waals surface area contributed by atoms with E-state index in [0.717, 1.165) is 0 Å². The maximum atomic E-state index is 3.05. The second-order valence-corrected chi connectivity index (χ2v) is 26.3. The van der Waals surface area contributed by atoms with E-state index in [9.17, 15) is 0 Å². The zero-order valence-electron chi connectivity index (χ0n) is 48.8. The third-order valence-electron chi connectivity index (χ3n) is 17.3. The van der Waals surface area contributed by atoms with E-state index in [0.29, 0.717) is 0 Å². The van der Waals surface area contributed by atoms with Crippen molar-refractivity contribution in [3.8, 4) is 0 Å². The SMILES string of the molecule is Cc1cc(C(c2ccccc2)c2ccccc2)c(N(c2c(C(c3ccccc3)c3ccccc3)cc(C)cc2C(c2ccccc2)c2ccccc2)[Si](c2ccccc2)(c2ccccc2)c2ccccc2)c(C(c2ccccc2)c2ccccc2)c1. The minimum Gasteiger partial charge on any atom is -0.355 e. The summed E-state index contributed by atoms with van der Waals surface area (Å²) in [6, 6.07) is 135. The van der Waals surface area contributed by atoms with Gasteiger partial charge in [0.15, 0.2) is 0 Å². The van der Waals surface area contributed by atoms with Gasteiger partial charge in [-0.25, -0.2) is 0 Å². The fourth-order valence-corrected chi connectivity index (χ4v) is 18.8. The van der Waals surface area contributed by atoms with E-state index in [-0.39, 0.29) is 23.7 Å². The van der Waals surface area contributed by atoms with Crippen LogP contribution in [0.5, 0.6) is 0 Å². The second-order valence-electron chi connectivity index (χ2n) is 22.7. The van der Waals surface area contributed by atoms with Crippen LogP contribution < -0.4 is 20.1 Å². The summed E-state index contributed by atoms with van der Waals surface area (Å²) in [6.45, 7) is 4.64. The first-order valence-corrected chi connectivity index (χ1v) is 32.2. The van der Waals surface area contributed by atoms with Crippen LogP contribution in [0.15, 0.2) is 358 Å². The summed E-state index contributed by atoms with van der Waals surface area (Å²) in [5.74, 6) is -0.870. The molecule has 0 aliphatic rings. The molecule has 0 N–H and O–H groups in total. The highest BCUT2D eigenvalue weighted by Gasteiger charge is 2.51. The predicted molar refractivity (Wildman–Crippen MR) is 364 cm³/mol. The van der Waals surface area contributed by atoms with E-state index in [4.69, 9.17) is 0 Å². The Balaban J connectivity index is 1.36. The fraction of sp³-hybridized carbons (Fsp3) is 0.0714. The molecule has 0 fully saturated rings. The molecule has 414 valence electrons. The summed E-state index contributed by atoms with van der Waals surface area (Å²) in [6.07, 6.45) is 0. The lowest BCUT2D eigenvalue weighted by atomic mass is 9.76. The van der Waals surface area contributed by atoms with Crippen LogP contribution in [-0.4, -0.2) is 8.24 Å². The molecule has 1 nitrogen and oxygen atoms in total. The van der Waals surface area contributed by atoms with Crippen LogP contribution in [0.4, 0.5) is 11.4 Å². The fourth-order valence-electron chi connectivity index (χ4n) is 13.8. The third kappa shape index (κ3) is 10.9. The number of rotatable bonds is 18. The summed E-state index contributed by atoms with van der Waals surface area (Å²) in [5, 5.41) is 3.81. The molecule has 0 unspecified atom stereocenters. The van der Waals surface area contributed by atoms with Gasteiger partial charge in [-0.05, 0) is 96.2 Å². The standard InChI is InChI=1S/C84H69NSi/c1-62-58-75(79(64-36-14-3-15-37-64)65-38-16-4-17-39-65)83(76(59-62)80(66-40-18-5-19-41-66)67-42-20-6-21-43-67)85(86(72-52-30-11-31-53-72,73-54-32-12-33-55-73)74-56-34-13-35-57-74)84-77(81(68-44-22-7-23-45-68)69-46-24-8-25-47-69)60-63(2)61-78(84)82(70-48-26-9-27-49-70)71-50-28-10-29-51-71/h3-61,79-82H,1-2H3. The Labute approximate surface area is 510 Å². The lowest BCUT2D eigenvalue weighted by molar-refractivity contribution is 0.911. The van der Waals surface area contributed by atoms with Crippen molar-refractivity contribution in [2.75, 3.05) is 4.57 Å². The molecule has 0 atom stereocenters. The van der Waals surface area contributed by atoms with E-state index in [1.165, 1.54) is 105 Å². The molecule has 2 heteroatoms. The molecule has 0 bridgehead atoms. The number of aryl methyl sites for hydroxylation is 2. The molecule has 13 rings (SSSR count). The van der Waals surface area contributed by atoms with Crippen LogP contribution in [0.3, 0.4) is 0 Å². The molecule has 0 radical (unpaired) electrons. The normalized spacial score (nSPS) is 11.6. The molecule has 0 spiro atoms. The summed E-state index contributed by atoms with van der Waals surface area (Å²) >= 11 is 0. The van der Waals surface area contributed by atoms with Crippen molar-refractivity contribution in [3.63, 3.8) is 0 Å². The van der Waals surface area contributed by atoms with Gasteiger partial charge >= 0.3 is 0 Å². The topological polar surface area (TPSA) is 3.24 Å².